The number of rotatable bonds is 7. The van der Waals surface area contributed by atoms with Gasteiger partial charge in [-0.25, -0.2) is 0 Å². The molecule has 0 heterocycles. The molecule has 1 rings (SSSR count). The monoisotopic (exact) mass is 235 g/mol. The van der Waals surface area contributed by atoms with Crippen LogP contribution in [0.4, 0.5) is 0 Å². The van der Waals surface area contributed by atoms with Gasteiger partial charge in [-0.2, -0.15) is 0 Å². The summed E-state index contributed by atoms with van der Waals surface area (Å²) < 4.78 is 10.6. The van der Waals surface area contributed by atoms with Gasteiger partial charge in [0, 0.05) is 12.1 Å². The number of methoxy groups -OCH3 is 2. The van der Waals surface area contributed by atoms with E-state index in [1.807, 2.05) is 24.3 Å². The van der Waals surface area contributed by atoms with Crippen LogP contribution in [0.15, 0.2) is 24.3 Å². The van der Waals surface area contributed by atoms with Crippen LogP contribution in [0.2, 0.25) is 0 Å². The molecule has 0 atom stereocenters. The first-order valence-electron chi connectivity index (χ1n) is 5.91. The molecule has 0 bridgehead atoms. The van der Waals surface area contributed by atoms with E-state index in [0.29, 0.717) is 0 Å². The molecule has 1 N–H and O–H groups in total. The summed E-state index contributed by atoms with van der Waals surface area (Å²) in [5.74, 6) is 1.54. The molecule has 3 nitrogen and oxygen atoms in total. The summed E-state index contributed by atoms with van der Waals surface area (Å²) in [7, 11) is 3.30. The van der Waals surface area contributed by atoms with E-state index in [9.17, 15) is 0 Å². The molecule has 0 amide bonds. The first kappa shape index (κ1) is 13.6. The zero-order valence-electron chi connectivity index (χ0n) is 10.8. The molecule has 0 radical (unpaired) electrons. The summed E-state index contributed by atoms with van der Waals surface area (Å²) in [5.41, 5.74) is 1.03. The molecule has 3 heteroatoms. The van der Waals surface area contributed by atoms with E-state index >= 15 is 0 Å². The third-order valence-corrected chi connectivity index (χ3v) is 2.42. The van der Waals surface area contributed by atoms with E-state index in [0.717, 1.165) is 36.6 Å². The smallest absolute Gasteiger partial charge is 0.167 e. The van der Waals surface area contributed by atoms with Crippen LogP contribution in [0.5, 0.6) is 11.5 Å². The van der Waals surface area contributed by atoms with Crippen molar-refractivity contribution < 1.29 is 9.47 Å². The summed E-state index contributed by atoms with van der Waals surface area (Å²) in [4.78, 5) is 0. The Hall–Kier alpha value is -1.48. The Morgan fingerprint density at radius 1 is 1.24 bits per heavy atom. The minimum Gasteiger partial charge on any atom is -0.493 e. The van der Waals surface area contributed by atoms with Crippen LogP contribution in [-0.2, 0) is 0 Å². The molecule has 1 aromatic rings. The van der Waals surface area contributed by atoms with E-state index in [1.165, 1.54) is 0 Å². The fourth-order valence-electron chi connectivity index (χ4n) is 1.59. The SMILES string of the molecule is CCCNCC=Cc1cccc(OC)c1OC. The van der Waals surface area contributed by atoms with Crippen LogP contribution < -0.4 is 14.8 Å². The summed E-state index contributed by atoms with van der Waals surface area (Å²) in [6.45, 7) is 4.07. The van der Waals surface area contributed by atoms with Gasteiger partial charge in [0.05, 0.1) is 14.2 Å². The topological polar surface area (TPSA) is 30.5 Å². The normalized spacial score (nSPS) is 10.8. The van der Waals surface area contributed by atoms with Crippen molar-refractivity contribution in [2.45, 2.75) is 13.3 Å². The number of nitrogens with one attached hydrogen (secondary N) is 1. The van der Waals surface area contributed by atoms with Gasteiger partial charge < -0.3 is 14.8 Å². The van der Waals surface area contributed by atoms with Crippen molar-refractivity contribution in [3.63, 3.8) is 0 Å². The highest BCUT2D eigenvalue weighted by Crippen LogP contribution is 2.31. The molecule has 94 valence electrons. The van der Waals surface area contributed by atoms with Crippen molar-refractivity contribution in [3.05, 3.63) is 29.8 Å². The van der Waals surface area contributed by atoms with Gasteiger partial charge in [0.1, 0.15) is 0 Å². The fourth-order valence-corrected chi connectivity index (χ4v) is 1.59. The van der Waals surface area contributed by atoms with E-state index < -0.39 is 0 Å². The van der Waals surface area contributed by atoms with Crippen LogP contribution in [0.1, 0.15) is 18.9 Å². The molecular weight excluding hydrogens is 214 g/mol. The van der Waals surface area contributed by atoms with Gasteiger partial charge in [-0.1, -0.05) is 31.2 Å². The van der Waals surface area contributed by atoms with Crippen molar-refractivity contribution in [2.75, 3.05) is 27.3 Å². The minimum atomic E-state index is 0.760. The Kier molecular flexibility index (Phi) is 6.18. The molecule has 0 aliphatic carbocycles. The van der Waals surface area contributed by atoms with Crippen LogP contribution >= 0.6 is 0 Å². The van der Waals surface area contributed by atoms with E-state index in [1.54, 1.807) is 14.2 Å². The molecule has 0 unspecified atom stereocenters. The fraction of sp³-hybridized carbons (Fsp3) is 0.429. The number of ether oxygens (including phenoxy) is 2. The highest BCUT2D eigenvalue weighted by Gasteiger charge is 2.05. The van der Waals surface area contributed by atoms with Crippen LogP contribution in [-0.4, -0.2) is 27.3 Å². The van der Waals surface area contributed by atoms with Crippen molar-refractivity contribution in [3.8, 4) is 11.5 Å². The summed E-state index contributed by atoms with van der Waals surface area (Å²) in [6.07, 6.45) is 5.29. The lowest BCUT2D eigenvalue weighted by molar-refractivity contribution is 0.354. The second-order valence-corrected chi connectivity index (χ2v) is 3.69. The highest BCUT2D eigenvalue weighted by molar-refractivity contribution is 5.62. The predicted octanol–water partition coefficient (Wildman–Crippen LogP) is 2.72. The molecule has 0 fully saturated rings. The molecule has 0 saturated heterocycles. The van der Waals surface area contributed by atoms with Gasteiger partial charge in [0.15, 0.2) is 11.5 Å². The lowest BCUT2D eigenvalue weighted by atomic mass is 10.1. The van der Waals surface area contributed by atoms with Crippen molar-refractivity contribution in [1.82, 2.24) is 5.32 Å². The number of para-hydroxylation sites is 1. The zero-order chi connectivity index (χ0) is 12.5. The minimum absolute atomic E-state index is 0.760. The molecule has 0 aliphatic heterocycles. The zero-order valence-corrected chi connectivity index (χ0v) is 10.8. The Morgan fingerprint density at radius 2 is 2.06 bits per heavy atom. The molecule has 0 saturated carbocycles. The van der Waals surface area contributed by atoms with Crippen molar-refractivity contribution in [2.24, 2.45) is 0 Å². The average molecular weight is 235 g/mol. The third-order valence-electron chi connectivity index (χ3n) is 2.42. The Bertz CT molecular complexity index is 361. The molecule has 0 aromatic heterocycles. The lowest BCUT2D eigenvalue weighted by Crippen LogP contribution is -2.13. The Balaban J connectivity index is 2.69. The Morgan fingerprint density at radius 3 is 2.71 bits per heavy atom. The third kappa shape index (κ3) is 4.11. The average Bonchev–Trinajstić information content (AvgIpc) is 2.38. The first-order valence-corrected chi connectivity index (χ1v) is 5.91. The summed E-state index contributed by atoms with van der Waals surface area (Å²) >= 11 is 0. The maximum Gasteiger partial charge on any atom is 0.167 e. The predicted molar refractivity (Wildman–Crippen MR) is 71.7 cm³/mol. The van der Waals surface area contributed by atoms with E-state index in [2.05, 4.69) is 18.3 Å². The highest BCUT2D eigenvalue weighted by atomic mass is 16.5. The van der Waals surface area contributed by atoms with Gasteiger partial charge in [-0.15, -0.1) is 0 Å². The summed E-state index contributed by atoms with van der Waals surface area (Å²) in [5, 5.41) is 3.31. The Labute approximate surface area is 103 Å². The van der Waals surface area contributed by atoms with Crippen molar-refractivity contribution >= 4 is 6.08 Å². The quantitative estimate of drug-likeness (QED) is 0.737. The number of hydrogen-bond donors (Lipinski definition) is 1. The second kappa shape index (κ2) is 7.74. The van der Waals surface area contributed by atoms with Gasteiger partial charge in [0.25, 0.3) is 0 Å². The number of hydrogen-bond acceptors (Lipinski definition) is 3. The lowest BCUT2D eigenvalue weighted by Gasteiger charge is -2.09. The van der Waals surface area contributed by atoms with Gasteiger partial charge in [0.2, 0.25) is 0 Å². The maximum absolute atomic E-state index is 5.35. The van der Waals surface area contributed by atoms with Gasteiger partial charge >= 0.3 is 0 Å². The second-order valence-electron chi connectivity index (χ2n) is 3.69. The standard InChI is InChI=1S/C14H21NO2/c1-4-10-15-11-6-8-12-7-5-9-13(16-2)14(12)17-3/h5-9,15H,4,10-11H2,1-3H3. The molecule has 0 aliphatic rings. The largest absolute Gasteiger partial charge is 0.493 e. The van der Waals surface area contributed by atoms with Gasteiger partial charge in [-0.05, 0) is 19.0 Å². The van der Waals surface area contributed by atoms with Crippen molar-refractivity contribution in [1.29, 1.82) is 0 Å². The van der Waals surface area contributed by atoms with Crippen LogP contribution in [0, 0.1) is 0 Å². The van der Waals surface area contributed by atoms with Crippen LogP contribution in [0.25, 0.3) is 6.08 Å². The number of benzene rings is 1. The summed E-state index contributed by atoms with van der Waals surface area (Å²) in [6, 6.07) is 5.86. The maximum atomic E-state index is 5.35. The molecule has 0 spiro atoms. The van der Waals surface area contributed by atoms with Crippen LogP contribution in [0.3, 0.4) is 0 Å². The molecular formula is C14H21NO2. The first-order chi connectivity index (χ1) is 8.33. The molecule has 1 aromatic carbocycles. The molecule has 17 heavy (non-hydrogen) atoms. The van der Waals surface area contributed by atoms with Gasteiger partial charge in [-0.3, -0.25) is 0 Å². The van der Waals surface area contributed by atoms with E-state index in [-0.39, 0.29) is 0 Å². The van der Waals surface area contributed by atoms with E-state index in [4.69, 9.17) is 9.47 Å².